The molecule has 0 saturated heterocycles. The molecule has 0 bridgehead atoms. The zero-order valence-corrected chi connectivity index (χ0v) is 25.5. The van der Waals surface area contributed by atoms with Gasteiger partial charge < -0.3 is 20.0 Å². The van der Waals surface area contributed by atoms with Crippen molar-refractivity contribution in [3.05, 3.63) is 53.9 Å². The zero-order valence-electron chi connectivity index (χ0n) is 24.7. The van der Waals surface area contributed by atoms with Crippen molar-refractivity contribution >= 4 is 21.7 Å². The first-order valence-electron chi connectivity index (χ1n) is 13.9. The number of nitrogens with two attached hydrogens (primary N) is 1. The number of likely N-dealkylation sites (N-methyl/N-ethyl adjacent to an activating group) is 1. The molecule has 1 fully saturated rings. The molecule has 1 aliphatic rings. The first-order valence-corrected chi connectivity index (χ1v) is 15.4. The van der Waals surface area contributed by atoms with E-state index in [-0.39, 0.29) is 12.0 Å². The molecule has 0 spiro atoms. The zero-order chi connectivity index (χ0) is 29.2. The highest BCUT2D eigenvalue weighted by molar-refractivity contribution is 7.93. The topological polar surface area (TPSA) is 122 Å². The Morgan fingerprint density at radius 2 is 1.68 bits per heavy atom. The molecule has 218 valence electrons. The molecule has 10 nitrogen and oxygen atoms in total. The van der Waals surface area contributed by atoms with Crippen LogP contribution in [0.1, 0.15) is 57.5 Å². The molecule has 1 saturated carbocycles. The van der Waals surface area contributed by atoms with Crippen LogP contribution in [0.5, 0.6) is 0 Å². The lowest BCUT2D eigenvalue weighted by Crippen LogP contribution is -2.36. The van der Waals surface area contributed by atoms with Crippen molar-refractivity contribution in [1.82, 2.24) is 20.1 Å². The Kier molecular flexibility index (Phi) is 9.16. The lowest BCUT2D eigenvalue weighted by molar-refractivity contribution is 0.410. The largest absolute Gasteiger partial charge is 0.420 e. The van der Waals surface area contributed by atoms with Crippen molar-refractivity contribution < 1.29 is 12.8 Å². The molecule has 0 amide bonds. The minimum atomic E-state index is -3.61. The maximum atomic E-state index is 13.1. The molecular weight excluding hydrogens is 526 g/mol. The fraction of sp³-hybridized carbons (Fsp3) is 0.552. The highest BCUT2D eigenvalue weighted by Gasteiger charge is 2.35. The molecular formula is C29H43N7O3S. The van der Waals surface area contributed by atoms with Gasteiger partial charge in [0.15, 0.2) is 0 Å². The Labute approximate surface area is 238 Å². The van der Waals surface area contributed by atoms with Gasteiger partial charge in [0, 0.05) is 38.3 Å². The molecule has 2 aromatic heterocycles. The molecule has 4 atom stereocenters. The summed E-state index contributed by atoms with van der Waals surface area (Å²) < 4.78 is 33.6. The second-order valence-electron chi connectivity index (χ2n) is 11.5. The summed E-state index contributed by atoms with van der Waals surface area (Å²) in [7, 11) is 2.01. The van der Waals surface area contributed by atoms with Crippen LogP contribution in [0.4, 0.5) is 11.6 Å². The number of aromatic nitrogens is 3. The Morgan fingerprint density at radius 3 is 2.27 bits per heavy atom. The number of anilines is 2. The number of hydrogen-bond donors (Lipinski definition) is 1. The van der Waals surface area contributed by atoms with Crippen LogP contribution in [-0.4, -0.2) is 74.5 Å². The van der Waals surface area contributed by atoms with E-state index in [0.29, 0.717) is 40.8 Å². The Bertz CT molecular complexity index is 1380. The molecule has 1 aromatic carbocycles. The molecule has 40 heavy (non-hydrogen) atoms. The predicted octanol–water partition coefficient (Wildman–Crippen LogP) is 4.13. The summed E-state index contributed by atoms with van der Waals surface area (Å²) in [6.45, 7) is 9.98. The highest BCUT2D eigenvalue weighted by atomic mass is 32.2. The molecule has 2 heterocycles. The van der Waals surface area contributed by atoms with E-state index in [4.69, 9.17) is 15.1 Å². The third kappa shape index (κ3) is 6.82. The van der Waals surface area contributed by atoms with Crippen LogP contribution in [0.3, 0.4) is 0 Å². The number of hydrogen-bond acceptors (Lipinski definition) is 9. The van der Waals surface area contributed by atoms with E-state index in [9.17, 15) is 8.42 Å². The minimum Gasteiger partial charge on any atom is -0.420 e. The summed E-state index contributed by atoms with van der Waals surface area (Å²) in [6, 6.07) is 13.1. The van der Waals surface area contributed by atoms with Crippen molar-refractivity contribution in [3.63, 3.8) is 0 Å². The Morgan fingerprint density at radius 1 is 1.02 bits per heavy atom. The summed E-state index contributed by atoms with van der Waals surface area (Å²) in [6.07, 6.45) is 1.18. The summed E-state index contributed by atoms with van der Waals surface area (Å²) in [5.41, 5.74) is 8.12. The van der Waals surface area contributed by atoms with Crippen LogP contribution in [-0.2, 0) is 10.0 Å². The predicted molar refractivity (Wildman–Crippen MR) is 160 cm³/mol. The Hall–Kier alpha value is -3.02. The molecule has 0 aliphatic heterocycles. The van der Waals surface area contributed by atoms with Gasteiger partial charge in [0.05, 0.1) is 11.2 Å². The summed E-state index contributed by atoms with van der Waals surface area (Å²) in [5, 5.41) is 8.07. The van der Waals surface area contributed by atoms with Crippen LogP contribution in [0.15, 0.2) is 46.9 Å². The fourth-order valence-corrected chi connectivity index (χ4v) is 5.59. The van der Waals surface area contributed by atoms with Crippen molar-refractivity contribution in [2.24, 2.45) is 17.6 Å². The van der Waals surface area contributed by atoms with Crippen molar-refractivity contribution in [2.45, 2.75) is 51.3 Å². The summed E-state index contributed by atoms with van der Waals surface area (Å²) >= 11 is 0. The molecule has 1 aliphatic carbocycles. The van der Waals surface area contributed by atoms with Gasteiger partial charge in [-0.2, -0.15) is 0 Å². The van der Waals surface area contributed by atoms with E-state index in [1.54, 1.807) is 27.0 Å². The van der Waals surface area contributed by atoms with Gasteiger partial charge in [0.1, 0.15) is 11.6 Å². The first-order chi connectivity index (χ1) is 18.9. The van der Waals surface area contributed by atoms with E-state index in [1.807, 2.05) is 57.4 Å². The second-order valence-corrected chi connectivity index (χ2v) is 14.0. The molecule has 4 rings (SSSR count). The van der Waals surface area contributed by atoms with Gasteiger partial charge in [-0.3, -0.25) is 4.31 Å². The number of nitrogens with zero attached hydrogens (tertiary/aromatic N) is 6. The maximum absolute atomic E-state index is 13.1. The SMILES string of the molecule is CC1CC1CN(CCN(C)C)c1cc(-c2nnc([C@H](C)C(N)c3ccccc3)o2)cc(N(C)S(=O)(=O)C(C)C)n1. The van der Waals surface area contributed by atoms with E-state index < -0.39 is 15.3 Å². The highest BCUT2D eigenvalue weighted by Crippen LogP contribution is 2.39. The van der Waals surface area contributed by atoms with Crippen LogP contribution in [0.25, 0.3) is 11.5 Å². The van der Waals surface area contributed by atoms with Gasteiger partial charge in [-0.05, 0) is 63.9 Å². The van der Waals surface area contributed by atoms with Crippen molar-refractivity contribution in [3.8, 4) is 11.5 Å². The smallest absolute Gasteiger partial charge is 0.248 e. The van der Waals surface area contributed by atoms with Gasteiger partial charge in [-0.25, -0.2) is 13.4 Å². The van der Waals surface area contributed by atoms with Crippen LogP contribution in [0.2, 0.25) is 0 Å². The summed E-state index contributed by atoms with van der Waals surface area (Å²) in [4.78, 5) is 9.21. The standard InChI is InChI=1S/C29H43N7O3S/c1-19(2)40(37,38)35(7)25-16-23(17-26(31-25)36(14-13-34(5)6)18-24-15-20(24)3)29-33-32-28(39-29)21(4)27(30)22-11-9-8-10-12-22/h8-12,16-17,19-21,24,27H,13-15,18,30H2,1-7H3/t20?,21-,24?,27?/m1/s1. The van der Waals surface area contributed by atoms with Gasteiger partial charge in [-0.1, -0.05) is 44.2 Å². The van der Waals surface area contributed by atoms with Crippen molar-refractivity contribution in [1.29, 1.82) is 0 Å². The van der Waals surface area contributed by atoms with Gasteiger partial charge >= 0.3 is 0 Å². The Balaban J connectivity index is 1.73. The maximum Gasteiger partial charge on any atom is 0.248 e. The quantitative estimate of drug-likeness (QED) is 0.324. The lowest BCUT2D eigenvalue weighted by atomic mass is 9.95. The van der Waals surface area contributed by atoms with Gasteiger partial charge in [0.2, 0.25) is 21.8 Å². The normalized spacial score (nSPS) is 18.6. The van der Waals surface area contributed by atoms with Crippen molar-refractivity contribution in [2.75, 3.05) is 50.0 Å². The third-order valence-electron chi connectivity index (χ3n) is 7.77. The van der Waals surface area contributed by atoms with Crippen LogP contribution < -0.4 is 14.9 Å². The number of pyridine rings is 1. The van der Waals surface area contributed by atoms with E-state index in [2.05, 4.69) is 26.9 Å². The molecule has 3 aromatic rings. The number of rotatable bonds is 13. The first kappa shape index (κ1) is 30.0. The van der Waals surface area contributed by atoms with Crippen LogP contribution >= 0.6 is 0 Å². The van der Waals surface area contributed by atoms with Gasteiger partial charge in [-0.15, -0.1) is 10.2 Å². The number of benzene rings is 1. The van der Waals surface area contributed by atoms with E-state index in [1.165, 1.54) is 10.7 Å². The monoisotopic (exact) mass is 569 g/mol. The fourth-order valence-electron chi connectivity index (χ4n) is 4.60. The average Bonchev–Trinajstić information content (AvgIpc) is 3.41. The summed E-state index contributed by atoms with van der Waals surface area (Å²) in [5.74, 6) is 2.76. The molecule has 11 heteroatoms. The van der Waals surface area contributed by atoms with Gasteiger partial charge in [0.25, 0.3) is 0 Å². The van der Waals surface area contributed by atoms with E-state index >= 15 is 0 Å². The molecule has 2 N–H and O–H groups in total. The van der Waals surface area contributed by atoms with E-state index in [0.717, 1.165) is 25.2 Å². The minimum absolute atomic E-state index is 0.221. The third-order valence-corrected chi connectivity index (χ3v) is 9.91. The molecule has 0 radical (unpaired) electrons. The molecule has 3 unspecified atom stereocenters. The lowest BCUT2D eigenvalue weighted by Gasteiger charge is -2.28. The number of sulfonamides is 1. The second kappa shape index (κ2) is 12.2. The average molecular weight is 570 g/mol. The van der Waals surface area contributed by atoms with Crippen LogP contribution in [0, 0.1) is 11.8 Å².